The molecule has 1 aromatic carbocycles. The number of pyridine rings is 1. The fourth-order valence-corrected chi connectivity index (χ4v) is 2.13. The van der Waals surface area contributed by atoms with Crippen molar-refractivity contribution in [3.05, 3.63) is 36.5 Å². The molecule has 136 valence electrons. The van der Waals surface area contributed by atoms with Gasteiger partial charge in [0, 0.05) is 24.7 Å². The van der Waals surface area contributed by atoms with Crippen molar-refractivity contribution in [2.75, 3.05) is 31.5 Å². The molecule has 1 aromatic heterocycles. The van der Waals surface area contributed by atoms with Crippen LogP contribution in [0.3, 0.4) is 0 Å². The van der Waals surface area contributed by atoms with E-state index < -0.39 is 0 Å². The zero-order chi connectivity index (χ0) is 12.8. The van der Waals surface area contributed by atoms with Gasteiger partial charge in [0.05, 0.1) is 0 Å². The summed E-state index contributed by atoms with van der Waals surface area (Å²) in [5.74, 6) is 0.986. The van der Waals surface area contributed by atoms with Crippen LogP contribution in [-0.4, -0.2) is 52.5 Å². The first-order valence-electron chi connectivity index (χ1n) is 6.65. The van der Waals surface area contributed by atoms with Crippen molar-refractivity contribution in [2.45, 2.75) is 13.8 Å². The predicted molar refractivity (Wildman–Crippen MR) is 110 cm³/mol. The van der Waals surface area contributed by atoms with E-state index in [-0.39, 0.29) is 50.4 Å². The molecule has 0 saturated heterocycles. The molecule has 2 rings (SSSR count). The number of rotatable bonds is 6. The van der Waals surface area contributed by atoms with Crippen LogP contribution < -0.4 is 5.32 Å². The fraction of sp³-hybridized carbons (Fsp3) is 0.400. The van der Waals surface area contributed by atoms with Crippen molar-refractivity contribution >= 4 is 50.6 Å². The summed E-state index contributed by atoms with van der Waals surface area (Å²) >= 11 is 0. The number of hydrogen-bond donors (Lipinski definition) is 1. The molecule has 6 nitrogen and oxygen atoms in total. The summed E-state index contributed by atoms with van der Waals surface area (Å²) in [6, 6.07) is 10.4. The minimum Gasteiger partial charge on any atom is -0.412 e. The van der Waals surface area contributed by atoms with E-state index in [1.165, 1.54) is 10.8 Å². The molecule has 0 spiro atoms. The highest BCUT2D eigenvalue weighted by Gasteiger charge is 2.02. The number of benzene rings is 1. The molecule has 0 fully saturated rings. The first kappa shape index (κ1) is 30.1. The standard InChI is InChI=1S/C15H21N3.2BrH.3H2O/c1-3-18(4-2)12-11-17-15-14-8-6-5-7-13(14)9-10-16-15;;;;;/h5-10H,3-4,11-12H2,1-2H3,(H,16,17);2*1H;3*1H2. The van der Waals surface area contributed by atoms with Crippen LogP contribution in [0.15, 0.2) is 36.5 Å². The molecule has 7 N–H and O–H groups in total. The summed E-state index contributed by atoms with van der Waals surface area (Å²) in [6.45, 7) is 8.57. The SMILES string of the molecule is Br.Br.CCN(CC)CCNc1nccc2ccccc12.O.O.O. The van der Waals surface area contributed by atoms with Crippen LogP contribution in [0.2, 0.25) is 0 Å². The van der Waals surface area contributed by atoms with Gasteiger partial charge in [0.2, 0.25) is 0 Å². The molecule has 0 unspecified atom stereocenters. The molecular weight excluding hydrogens is 430 g/mol. The van der Waals surface area contributed by atoms with Gasteiger partial charge in [0.1, 0.15) is 5.82 Å². The van der Waals surface area contributed by atoms with Crippen LogP contribution in [0.1, 0.15) is 13.8 Å². The summed E-state index contributed by atoms with van der Waals surface area (Å²) < 4.78 is 0. The van der Waals surface area contributed by atoms with Crippen LogP contribution >= 0.6 is 34.0 Å². The van der Waals surface area contributed by atoms with Crippen LogP contribution in [0.5, 0.6) is 0 Å². The van der Waals surface area contributed by atoms with E-state index in [0.717, 1.165) is 32.0 Å². The topological polar surface area (TPSA) is 123 Å². The molecule has 8 heteroatoms. The minimum atomic E-state index is 0. The van der Waals surface area contributed by atoms with E-state index in [2.05, 4.69) is 53.3 Å². The fourth-order valence-electron chi connectivity index (χ4n) is 2.13. The molecular formula is C15H29Br2N3O3. The number of anilines is 1. The maximum Gasteiger partial charge on any atom is 0.133 e. The lowest BCUT2D eigenvalue weighted by atomic mass is 10.1. The predicted octanol–water partition coefficient (Wildman–Crippen LogP) is 1.67. The van der Waals surface area contributed by atoms with Crippen molar-refractivity contribution in [1.82, 2.24) is 9.88 Å². The Balaban J connectivity index is -0.000000361. The summed E-state index contributed by atoms with van der Waals surface area (Å²) in [7, 11) is 0. The van der Waals surface area contributed by atoms with Gasteiger partial charge >= 0.3 is 0 Å². The average molecular weight is 459 g/mol. The van der Waals surface area contributed by atoms with Crippen LogP contribution in [0.25, 0.3) is 10.8 Å². The third-order valence-corrected chi connectivity index (χ3v) is 3.29. The lowest BCUT2D eigenvalue weighted by Gasteiger charge is -2.18. The van der Waals surface area contributed by atoms with E-state index >= 15 is 0 Å². The van der Waals surface area contributed by atoms with Gasteiger partial charge in [0.15, 0.2) is 0 Å². The molecule has 0 atom stereocenters. The molecule has 0 amide bonds. The minimum absolute atomic E-state index is 0. The monoisotopic (exact) mass is 457 g/mol. The number of likely N-dealkylation sites (N-methyl/N-ethyl adjacent to an activating group) is 1. The van der Waals surface area contributed by atoms with Crippen molar-refractivity contribution < 1.29 is 16.4 Å². The molecule has 0 bridgehead atoms. The van der Waals surface area contributed by atoms with Crippen molar-refractivity contribution in [3.63, 3.8) is 0 Å². The zero-order valence-electron chi connectivity index (χ0n) is 13.5. The number of halogens is 2. The van der Waals surface area contributed by atoms with Crippen molar-refractivity contribution in [3.8, 4) is 0 Å². The first-order chi connectivity index (χ1) is 8.85. The Morgan fingerprint density at radius 3 is 2.17 bits per heavy atom. The third kappa shape index (κ3) is 8.59. The van der Waals surface area contributed by atoms with E-state index in [4.69, 9.17) is 0 Å². The summed E-state index contributed by atoms with van der Waals surface area (Å²) in [5.41, 5.74) is 0. The number of hydrogen-bond acceptors (Lipinski definition) is 3. The smallest absolute Gasteiger partial charge is 0.133 e. The molecule has 0 aliphatic carbocycles. The highest BCUT2D eigenvalue weighted by atomic mass is 79.9. The van der Waals surface area contributed by atoms with E-state index in [1.54, 1.807) is 0 Å². The Morgan fingerprint density at radius 2 is 1.57 bits per heavy atom. The van der Waals surface area contributed by atoms with Crippen LogP contribution in [0, 0.1) is 0 Å². The Kier molecular flexibility index (Phi) is 21.1. The van der Waals surface area contributed by atoms with Gasteiger partial charge in [-0.1, -0.05) is 38.1 Å². The average Bonchev–Trinajstić information content (AvgIpc) is 2.44. The molecule has 23 heavy (non-hydrogen) atoms. The number of aromatic nitrogens is 1. The lowest BCUT2D eigenvalue weighted by Crippen LogP contribution is -2.28. The van der Waals surface area contributed by atoms with Crippen LogP contribution in [0.4, 0.5) is 5.82 Å². The third-order valence-electron chi connectivity index (χ3n) is 3.29. The maximum absolute atomic E-state index is 4.43. The summed E-state index contributed by atoms with van der Waals surface area (Å²) in [4.78, 5) is 6.83. The molecule has 0 aliphatic heterocycles. The summed E-state index contributed by atoms with van der Waals surface area (Å²) in [6.07, 6.45) is 1.86. The Hall–Kier alpha value is -0.770. The second kappa shape index (κ2) is 16.1. The van der Waals surface area contributed by atoms with Crippen LogP contribution in [-0.2, 0) is 0 Å². The van der Waals surface area contributed by atoms with Gasteiger partial charge in [-0.25, -0.2) is 4.98 Å². The summed E-state index contributed by atoms with van der Waals surface area (Å²) in [5, 5.41) is 5.86. The molecule has 1 heterocycles. The molecule has 0 saturated carbocycles. The Bertz CT molecular complexity index is 509. The maximum atomic E-state index is 4.43. The largest absolute Gasteiger partial charge is 0.412 e. The van der Waals surface area contributed by atoms with Gasteiger partial charge in [0.25, 0.3) is 0 Å². The van der Waals surface area contributed by atoms with Gasteiger partial charge < -0.3 is 26.6 Å². The Labute approximate surface area is 158 Å². The zero-order valence-corrected chi connectivity index (χ0v) is 16.9. The molecule has 2 aromatic rings. The molecule has 0 aliphatic rings. The number of fused-ring (bicyclic) bond motifs is 1. The van der Waals surface area contributed by atoms with Gasteiger partial charge in [-0.15, -0.1) is 34.0 Å². The second-order valence-corrected chi connectivity index (χ2v) is 4.33. The van der Waals surface area contributed by atoms with Gasteiger partial charge in [-0.05, 0) is 24.5 Å². The molecule has 0 radical (unpaired) electrons. The Morgan fingerprint density at radius 1 is 0.957 bits per heavy atom. The lowest BCUT2D eigenvalue weighted by molar-refractivity contribution is 0.316. The first-order valence-corrected chi connectivity index (χ1v) is 6.65. The number of nitrogens with zero attached hydrogens (tertiary/aromatic N) is 2. The van der Waals surface area contributed by atoms with E-state index in [1.807, 2.05) is 12.3 Å². The normalized spacial score (nSPS) is 8.65. The van der Waals surface area contributed by atoms with E-state index in [9.17, 15) is 0 Å². The van der Waals surface area contributed by atoms with Gasteiger partial charge in [-0.2, -0.15) is 0 Å². The van der Waals surface area contributed by atoms with Crippen molar-refractivity contribution in [2.24, 2.45) is 0 Å². The quantitative estimate of drug-likeness (QED) is 0.707. The highest BCUT2D eigenvalue weighted by molar-refractivity contribution is 8.93. The van der Waals surface area contributed by atoms with Crippen molar-refractivity contribution in [1.29, 1.82) is 0 Å². The van der Waals surface area contributed by atoms with E-state index in [0.29, 0.717) is 0 Å². The number of nitrogens with one attached hydrogen (secondary N) is 1. The second-order valence-electron chi connectivity index (χ2n) is 4.33. The highest BCUT2D eigenvalue weighted by Crippen LogP contribution is 2.19. The van der Waals surface area contributed by atoms with Gasteiger partial charge in [-0.3, -0.25) is 0 Å².